The Morgan fingerprint density at radius 2 is 1.29 bits per heavy atom. The Balaban J connectivity index is 1.55. The molecule has 0 aliphatic heterocycles. The number of hydrogen-bond acceptors (Lipinski definition) is 3. The maximum atomic E-state index is 12.5. The van der Waals surface area contributed by atoms with Crippen molar-refractivity contribution < 1.29 is 24.3 Å². The van der Waals surface area contributed by atoms with Gasteiger partial charge in [-0.15, -0.1) is 0 Å². The van der Waals surface area contributed by atoms with Crippen LogP contribution in [0, 0.1) is 6.92 Å². The molecule has 0 radical (unpaired) electrons. The van der Waals surface area contributed by atoms with Gasteiger partial charge in [0.25, 0.3) is 0 Å². The van der Waals surface area contributed by atoms with Crippen molar-refractivity contribution in [2.45, 2.75) is 85.3 Å². The molecular weight excluding hydrogens is 719 g/mol. The van der Waals surface area contributed by atoms with Gasteiger partial charge in [0.15, 0.2) is 0 Å². The highest BCUT2D eigenvalue weighted by atomic mass is 16.3. The third kappa shape index (κ3) is 7.72. The second kappa shape index (κ2) is 14.8. The smallest absolute Gasteiger partial charge is 0.149 e. The second-order valence-corrected chi connectivity index (χ2v) is 17.2. The van der Waals surface area contributed by atoms with Gasteiger partial charge in [0.1, 0.15) is 11.6 Å². The third-order valence-electron chi connectivity index (χ3n) is 10.7. The van der Waals surface area contributed by atoms with Crippen LogP contribution < -0.4 is 0 Å². The number of aromatic nitrogens is 3. The van der Waals surface area contributed by atoms with Crippen LogP contribution in [0.3, 0.4) is 0 Å². The van der Waals surface area contributed by atoms with Crippen molar-refractivity contribution in [3.63, 3.8) is 0 Å². The quantitative estimate of drug-likeness (QED) is 0.183. The van der Waals surface area contributed by atoms with E-state index in [1.165, 1.54) is 12.1 Å². The molecule has 8 rings (SSSR count). The lowest BCUT2D eigenvalue weighted by atomic mass is 9.79. The number of rotatable bonds is 6. The van der Waals surface area contributed by atoms with E-state index in [1.807, 2.05) is 84.9 Å². The van der Waals surface area contributed by atoms with E-state index in [0.29, 0.717) is 33.6 Å². The monoisotopic (exact) mass is 788 g/mol. The van der Waals surface area contributed by atoms with Crippen LogP contribution in [0.5, 0.6) is 5.75 Å². The Morgan fingerprint density at radius 1 is 0.593 bits per heavy atom. The molecule has 0 saturated carbocycles. The molecule has 4 heteroatoms. The standard InChI is InChI=1S/C55H55N3O/c1-35-18-16-21-37(28-35)38-26-27-56-47(32-38)40-29-39(30-41(31-40)53(2,3)4)44-23-17-25-49-50(44)57-52(45-33-42(54(5,6)7)34-46(51(45)59)55(8,9)10)58(49)48-24-15-14-22-43(48)36-19-12-11-13-20-36/h11-34,59H,1-10H3/i2D3,3D3,4D3,11D,12D,13D,19D,20D. The van der Waals surface area contributed by atoms with Crippen molar-refractivity contribution in [3.05, 3.63) is 168 Å². The first-order valence-electron chi connectivity index (χ1n) is 26.6. The largest absolute Gasteiger partial charge is 0.507 e. The minimum Gasteiger partial charge on any atom is -0.507 e. The molecule has 8 aromatic rings. The Morgan fingerprint density at radius 3 is 2.02 bits per heavy atom. The number of para-hydroxylation sites is 2. The average Bonchev–Trinajstić information content (AvgIpc) is 3.68. The number of fused-ring (bicyclic) bond motifs is 1. The number of phenolic OH excluding ortho intramolecular Hbond substituents is 1. The minimum atomic E-state index is -3.61. The molecule has 0 bridgehead atoms. The highest BCUT2D eigenvalue weighted by molar-refractivity contribution is 5.98. The van der Waals surface area contributed by atoms with Crippen LogP contribution in [0.25, 0.3) is 72.7 Å². The van der Waals surface area contributed by atoms with Gasteiger partial charge < -0.3 is 5.11 Å². The van der Waals surface area contributed by atoms with Gasteiger partial charge in [-0.3, -0.25) is 9.55 Å². The van der Waals surface area contributed by atoms with Gasteiger partial charge in [-0.05, 0) is 99.0 Å². The van der Waals surface area contributed by atoms with Crippen LogP contribution in [0.1, 0.15) is 104 Å². The highest BCUT2D eigenvalue weighted by Gasteiger charge is 2.29. The summed E-state index contributed by atoms with van der Waals surface area (Å²) < 4.78 is 124. The number of hydrogen-bond donors (Lipinski definition) is 1. The Labute approximate surface area is 370 Å². The summed E-state index contributed by atoms with van der Waals surface area (Å²) >= 11 is 0. The van der Waals surface area contributed by atoms with Gasteiger partial charge >= 0.3 is 0 Å². The summed E-state index contributed by atoms with van der Waals surface area (Å²) in [5.41, 5.74) is 1.55. The fraction of sp³-hybridized carbons (Fsp3) is 0.236. The molecule has 6 aromatic carbocycles. The second-order valence-electron chi connectivity index (χ2n) is 17.2. The van der Waals surface area contributed by atoms with Gasteiger partial charge in [-0.2, -0.15) is 0 Å². The number of imidazole rings is 1. The average molecular weight is 788 g/mol. The van der Waals surface area contributed by atoms with Gasteiger partial charge in [0.05, 0.1) is 34.8 Å². The summed E-state index contributed by atoms with van der Waals surface area (Å²) in [6, 6.07) is 28.7. The van der Waals surface area contributed by atoms with Crippen LogP contribution in [0.4, 0.5) is 0 Å². The lowest BCUT2D eigenvalue weighted by molar-refractivity contribution is 0.446. The fourth-order valence-electron chi connectivity index (χ4n) is 7.57. The number of pyridine rings is 1. The summed E-state index contributed by atoms with van der Waals surface area (Å²) in [5, 5.41) is 12.5. The Bertz CT molecular complexity index is 3420. The van der Waals surface area contributed by atoms with E-state index in [0.717, 1.165) is 22.3 Å². The van der Waals surface area contributed by atoms with Gasteiger partial charge in [0.2, 0.25) is 0 Å². The summed E-state index contributed by atoms with van der Waals surface area (Å²) in [6.45, 7) is 3.17. The first-order valence-corrected chi connectivity index (χ1v) is 19.6. The predicted molar refractivity (Wildman–Crippen MR) is 249 cm³/mol. The molecule has 0 unspecified atom stereocenters. The summed E-state index contributed by atoms with van der Waals surface area (Å²) in [7, 11) is 0. The maximum absolute atomic E-state index is 12.5. The van der Waals surface area contributed by atoms with Crippen LogP contribution in [0.15, 0.2) is 146 Å². The van der Waals surface area contributed by atoms with E-state index in [9.17, 15) is 5.11 Å². The molecule has 0 spiro atoms. The van der Waals surface area contributed by atoms with E-state index in [4.69, 9.17) is 24.2 Å². The molecule has 296 valence electrons. The Kier molecular flexibility index (Phi) is 6.53. The fourth-order valence-corrected chi connectivity index (χ4v) is 7.57. The molecule has 0 atom stereocenters. The maximum Gasteiger partial charge on any atom is 0.149 e. The van der Waals surface area contributed by atoms with Crippen molar-refractivity contribution in [1.29, 1.82) is 0 Å². The molecule has 0 fully saturated rings. The van der Waals surface area contributed by atoms with Crippen LogP contribution in [0.2, 0.25) is 0 Å². The lowest BCUT2D eigenvalue weighted by Gasteiger charge is -2.27. The summed E-state index contributed by atoms with van der Waals surface area (Å²) in [4.78, 5) is 9.99. The van der Waals surface area contributed by atoms with Crippen LogP contribution in [-0.2, 0) is 16.2 Å². The van der Waals surface area contributed by atoms with Gasteiger partial charge in [-0.25, -0.2) is 4.98 Å². The van der Waals surface area contributed by atoms with E-state index >= 15 is 0 Å². The van der Waals surface area contributed by atoms with Crippen molar-refractivity contribution in [2.24, 2.45) is 0 Å². The molecule has 0 aliphatic rings. The van der Waals surface area contributed by atoms with Crippen molar-refractivity contribution in [3.8, 4) is 67.5 Å². The zero-order valence-corrected chi connectivity index (χ0v) is 34.3. The first kappa shape index (κ1) is 26.0. The van der Waals surface area contributed by atoms with Gasteiger partial charge in [-0.1, -0.05) is 165 Å². The predicted octanol–water partition coefficient (Wildman–Crippen LogP) is 14.7. The molecule has 4 nitrogen and oxygen atoms in total. The summed E-state index contributed by atoms with van der Waals surface area (Å²) in [5.74, 6) is 0.0997. The molecule has 1 N–H and O–H groups in total. The highest BCUT2D eigenvalue weighted by Crippen LogP contribution is 2.46. The molecular formula is C55H55N3O. The van der Waals surface area contributed by atoms with E-state index < -0.39 is 72.6 Å². The Hall–Kier alpha value is -6.26. The molecule has 59 heavy (non-hydrogen) atoms. The first-order chi connectivity index (χ1) is 33.8. The zero-order chi connectivity index (χ0) is 53.7. The van der Waals surface area contributed by atoms with Gasteiger partial charge in [0, 0.05) is 40.8 Å². The SMILES string of the molecule is [2H]c1c([2H])c([2H])c(-c2ccccc2-n2c(-c3cc(C(C)(C)C)cc(C(C)(C)C)c3O)nc3c(-c4cc(-c5cc(-c6cccc(C)c6)ccn5)cc(C(C([2H])([2H])[2H])(C([2H])([2H])[2H])C([2H])([2H])[2H])c4)cccc32)c([2H])c1[2H]. The van der Waals surface area contributed by atoms with Crippen molar-refractivity contribution in [2.75, 3.05) is 0 Å². The molecule has 0 aliphatic carbocycles. The van der Waals surface area contributed by atoms with E-state index in [2.05, 4.69) is 4.98 Å². The number of phenols is 1. The lowest BCUT2D eigenvalue weighted by Crippen LogP contribution is -2.17. The van der Waals surface area contributed by atoms with Crippen LogP contribution >= 0.6 is 0 Å². The van der Waals surface area contributed by atoms with Crippen molar-refractivity contribution >= 4 is 11.0 Å². The van der Waals surface area contributed by atoms with E-state index in [-0.39, 0.29) is 39.3 Å². The number of aryl methyl sites for hydroxylation is 1. The molecule has 2 aromatic heterocycles. The number of nitrogens with zero attached hydrogens (tertiary/aromatic N) is 3. The topological polar surface area (TPSA) is 50.9 Å². The van der Waals surface area contributed by atoms with E-state index in [1.54, 1.807) is 71.4 Å². The van der Waals surface area contributed by atoms with Crippen molar-refractivity contribution in [1.82, 2.24) is 14.5 Å². The number of aromatic hydroxyl groups is 1. The normalized spacial score (nSPS) is 16.4. The van der Waals surface area contributed by atoms with Crippen LogP contribution in [-0.4, -0.2) is 19.6 Å². The zero-order valence-electron chi connectivity index (χ0n) is 48.3. The molecule has 2 heterocycles. The molecule has 0 saturated heterocycles. The minimum absolute atomic E-state index is 0.0818. The number of benzene rings is 6. The molecule has 0 amide bonds. The summed E-state index contributed by atoms with van der Waals surface area (Å²) in [6.07, 6.45) is 1.56. The third-order valence-corrected chi connectivity index (χ3v) is 10.7.